The number of carbonyl (C=O) groups is 1. The Bertz CT molecular complexity index is 1460. The highest BCUT2D eigenvalue weighted by Crippen LogP contribution is 2.65. The first-order valence-corrected chi connectivity index (χ1v) is 11.5. The lowest BCUT2D eigenvalue weighted by molar-refractivity contribution is -0.118. The van der Waals surface area contributed by atoms with Gasteiger partial charge in [0.25, 0.3) is 0 Å². The van der Waals surface area contributed by atoms with Crippen molar-refractivity contribution in [1.29, 1.82) is 0 Å². The van der Waals surface area contributed by atoms with Crippen molar-refractivity contribution in [3.05, 3.63) is 59.9 Å². The van der Waals surface area contributed by atoms with E-state index in [1.807, 2.05) is 24.3 Å². The first-order chi connectivity index (χ1) is 16.7. The van der Waals surface area contributed by atoms with Gasteiger partial charge in [-0.15, -0.1) is 0 Å². The number of aromatic amines is 1. The third-order valence-electron chi connectivity index (χ3n) is 7.39. The molecule has 1 spiro atoms. The molecule has 2 aliphatic heterocycles. The fraction of sp³-hybridized carbons (Fsp3) is 0.280. The monoisotopic (exact) mass is 453 g/mol. The molecule has 0 radical (unpaired) electrons. The highest BCUT2D eigenvalue weighted by molar-refractivity contribution is 6.10. The molecule has 1 saturated carbocycles. The maximum atomic E-state index is 13.0. The number of methoxy groups -OCH3 is 1. The van der Waals surface area contributed by atoms with E-state index in [1.54, 1.807) is 13.4 Å². The fourth-order valence-corrected chi connectivity index (χ4v) is 5.30. The van der Waals surface area contributed by atoms with Crippen molar-refractivity contribution in [2.75, 3.05) is 35.7 Å². The highest BCUT2D eigenvalue weighted by Gasteiger charge is 2.65. The normalized spacial score (nSPS) is 22.4. The lowest BCUT2D eigenvalue weighted by Crippen LogP contribution is -2.37. The minimum absolute atomic E-state index is 0.0644. The topological polar surface area (TPSA) is 108 Å². The third-order valence-corrected chi connectivity index (χ3v) is 7.39. The summed E-state index contributed by atoms with van der Waals surface area (Å²) in [5.74, 6) is 3.30. The van der Waals surface area contributed by atoms with E-state index in [4.69, 9.17) is 4.74 Å². The number of anilines is 4. The average Bonchev–Trinajstić information content (AvgIpc) is 3.37. The summed E-state index contributed by atoms with van der Waals surface area (Å²) < 4.78 is 5.41. The summed E-state index contributed by atoms with van der Waals surface area (Å²) >= 11 is 0. The molecule has 4 heterocycles. The van der Waals surface area contributed by atoms with Gasteiger partial charge in [0.2, 0.25) is 5.91 Å². The molecule has 170 valence electrons. The molecule has 2 aromatic heterocycles. The number of hydrogen-bond donors (Lipinski definition) is 3. The molecule has 34 heavy (non-hydrogen) atoms. The molecule has 9 heteroatoms. The predicted octanol–water partition coefficient (Wildman–Crippen LogP) is 3.69. The number of rotatable bonds is 5. The molecule has 0 unspecified atom stereocenters. The quantitative estimate of drug-likeness (QED) is 0.423. The fourth-order valence-electron chi connectivity index (χ4n) is 5.30. The zero-order chi connectivity index (χ0) is 22.9. The van der Waals surface area contributed by atoms with Crippen molar-refractivity contribution >= 4 is 40.0 Å². The van der Waals surface area contributed by atoms with Gasteiger partial charge in [-0.1, -0.05) is 6.07 Å². The van der Waals surface area contributed by atoms with Crippen LogP contribution in [0.1, 0.15) is 29.9 Å². The smallest absolute Gasteiger partial charge is 0.235 e. The average molecular weight is 454 g/mol. The largest absolute Gasteiger partial charge is 0.497 e. The van der Waals surface area contributed by atoms with Crippen molar-refractivity contribution in [2.24, 2.45) is 0 Å². The van der Waals surface area contributed by atoms with Crippen LogP contribution < -0.4 is 20.3 Å². The van der Waals surface area contributed by atoms with E-state index in [-0.39, 0.29) is 11.8 Å². The number of hydrogen-bond acceptors (Lipinski definition) is 7. The highest BCUT2D eigenvalue weighted by atomic mass is 16.5. The molecular weight excluding hydrogens is 430 g/mol. The number of nitrogens with one attached hydrogen (secondary N) is 3. The lowest BCUT2D eigenvalue weighted by Gasteiger charge is -2.31. The second-order valence-corrected chi connectivity index (χ2v) is 9.20. The van der Waals surface area contributed by atoms with E-state index in [0.29, 0.717) is 11.6 Å². The molecule has 1 amide bonds. The van der Waals surface area contributed by atoms with Crippen LogP contribution in [-0.4, -0.2) is 46.3 Å². The molecule has 4 aromatic rings. The summed E-state index contributed by atoms with van der Waals surface area (Å²) in [4.78, 5) is 23.9. The van der Waals surface area contributed by atoms with Crippen LogP contribution in [0.25, 0.3) is 10.9 Å². The Hall–Kier alpha value is -4.14. The van der Waals surface area contributed by atoms with Crippen LogP contribution in [0.3, 0.4) is 0 Å². The van der Waals surface area contributed by atoms with E-state index in [1.165, 1.54) is 6.42 Å². The summed E-state index contributed by atoms with van der Waals surface area (Å²) in [6.45, 7) is 2.06. The Balaban J connectivity index is 1.17. The Labute approximate surface area is 195 Å². The standard InChI is InChI=1S/C25H23N7O2/c1-34-15-4-6-19-17(10-15)25(24(33)28-19)12-18(25)14-3-5-16-20(9-14)30-31-23(16)29-21-11-22(27-13-26-21)32-7-2-8-32/h3-6,9-11,13,18H,2,7-8,12H2,1H3,(H,28,33)(H2,26,27,29,30,31)/t18-,25-/m0/s1. The Morgan fingerprint density at radius 3 is 2.88 bits per heavy atom. The first-order valence-electron chi connectivity index (χ1n) is 11.5. The van der Waals surface area contributed by atoms with Gasteiger partial charge in [-0.25, -0.2) is 9.97 Å². The van der Waals surface area contributed by atoms with Crippen molar-refractivity contribution in [3.63, 3.8) is 0 Å². The van der Waals surface area contributed by atoms with Crippen molar-refractivity contribution < 1.29 is 9.53 Å². The number of amides is 1. The number of benzene rings is 2. The minimum atomic E-state index is -0.521. The Morgan fingerprint density at radius 2 is 2.06 bits per heavy atom. The van der Waals surface area contributed by atoms with Crippen LogP contribution in [0, 0.1) is 0 Å². The second kappa shape index (κ2) is 6.93. The van der Waals surface area contributed by atoms with Crippen LogP contribution in [-0.2, 0) is 10.2 Å². The molecule has 2 fully saturated rings. The number of H-pyrrole nitrogens is 1. The van der Waals surface area contributed by atoms with E-state index >= 15 is 0 Å². The van der Waals surface area contributed by atoms with Gasteiger partial charge in [0, 0.05) is 36.1 Å². The molecular formula is C25H23N7O2. The van der Waals surface area contributed by atoms with E-state index in [2.05, 4.69) is 53.9 Å². The van der Waals surface area contributed by atoms with Gasteiger partial charge in [0.05, 0.1) is 18.0 Å². The van der Waals surface area contributed by atoms with E-state index in [0.717, 1.165) is 58.8 Å². The summed E-state index contributed by atoms with van der Waals surface area (Å²) in [6, 6.07) is 14.0. The van der Waals surface area contributed by atoms with Gasteiger partial charge >= 0.3 is 0 Å². The SMILES string of the molecule is COc1ccc2c(c1)[C@]1(C[C@H]1c1ccc3c(Nc4cc(N5CCC5)ncn4)n[nH]c3c1)C(=O)N2. The Kier molecular flexibility index (Phi) is 3.94. The third kappa shape index (κ3) is 2.73. The summed E-state index contributed by atoms with van der Waals surface area (Å²) in [7, 11) is 1.65. The molecule has 9 nitrogen and oxygen atoms in total. The first kappa shape index (κ1) is 19.3. The number of nitrogens with zero attached hydrogens (tertiary/aromatic N) is 4. The van der Waals surface area contributed by atoms with Crippen molar-refractivity contribution in [1.82, 2.24) is 20.2 Å². The van der Waals surface area contributed by atoms with Crippen LogP contribution in [0.4, 0.5) is 23.1 Å². The molecule has 1 saturated heterocycles. The van der Waals surface area contributed by atoms with Crippen molar-refractivity contribution in [3.8, 4) is 5.75 Å². The number of fused-ring (bicyclic) bond motifs is 3. The molecule has 1 aliphatic carbocycles. The molecule has 3 N–H and O–H groups in total. The van der Waals surface area contributed by atoms with Crippen molar-refractivity contribution in [2.45, 2.75) is 24.2 Å². The van der Waals surface area contributed by atoms with Gasteiger partial charge in [-0.3, -0.25) is 9.89 Å². The van der Waals surface area contributed by atoms with Crippen LogP contribution in [0.15, 0.2) is 48.8 Å². The second-order valence-electron chi connectivity index (χ2n) is 9.20. The van der Waals surface area contributed by atoms with E-state index in [9.17, 15) is 4.79 Å². The summed E-state index contributed by atoms with van der Waals surface area (Å²) in [5.41, 5.74) is 3.42. The minimum Gasteiger partial charge on any atom is -0.497 e. The summed E-state index contributed by atoms with van der Waals surface area (Å²) in [5, 5.41) is 14.9. The molecule has 3 aliphatic rings. The van der Waals surface area contributed by atoms with Gasteiger partial charge < -0.3 is 20.3 Å². The van der Waals surface area contributed by atoms with Crippen LogP contribution in [0.5, 0.6) is 5.75 Å². The van der Waals surface area contributed by atoms with E-state index < -0.39 is 5.41 Å². The maximum Gasteiger partial charge on any atom is 0.235 e. The molecule has 2 atom stereocenters. The number of aromatic nitrogens is 4. The van der Waals surface area contributed by atoms with Gasteiger partial charge in [-0.2, -0.15) is 5.10 Å². The number of ether oxygens (including phenoxy) is 1. The zero-order valence-electron chi connectivity index (χ0n) is 18.6. The predicted molar refractivity (Wildman–Crippen MR) is 129 cm³/mol. The van der Waals surface area contributed by atoms with Gasteiger partial charge in [0.15, 0.2) is 5.82 Å². The lowest BCUT2D eigenvalue weighted by atomic mass is 9.91. The Morgan fingerprint density at radius 1 is 1.15 bits per heavy atom. The molecule has 0 bridgehead atoms. The van der Waals surface area contributed by atoms with Gasteiger partial charge in [-0.05, 0) is 54.3 Å². The molecule has 7 rings (SSSR count). The van der Waals surface area contributed by atoms with Crippen LogP contribution in [0.2, 0.25) is 0 Å². The number of carbonyl (C=O) groups excluding carboxylic acids is 1. The molecule has 2 aromatic carbocycles. The summed E-state index contributed by atoms with van der Waals surface area (Å²) in [6.07, 6.45) is 3.56. The van der Waals surface area contributed by atoms with Gasteiger partial charge in [0.1, 0.15) is 23.7 Å². The maximum absolute atomic E-state index is 13.0. The van der Waals surface area contributed by atoms with Crippen LogP contribution >= 0.6 is 0 Å². The zero-order valence-corrected chi connectivity index (χ0v) is 18.6.